The Hall–Kier alpha value is -3.31. The van der Waals surface area contributed by atoms with E-state index in [1.54, 1.807) is 0 Å². The van der Waals surface area contributed by atoms with Crippen LogP contribution in [0.2, 0.25) is 0 Å². The average Bonchev–Trinajstić information content (AvgIpc) is 3.09. The first-order valence-electron chi connectivity index (χ1n) is 15.7. The van der Waals surface area contributed by atoms with Crippen LogP contribution in [0, 0.1) is 0 Å². The van der Waals surface area contributed by atoms with E-state index in [0.717, 1.165) is 12.1 Å². The van der Waals surface area contributed by atoms with Crippen LogP contribution < -0.4 is 9.47 Å². The largest absolute Gasteiger partial charge is 0.494 e. The molecular weight excluding hydrogens is 803 g/mol. The number of aryl methyl sites for hydroxylation is 1. The van der Waals surface area contributed by atoms with Crippen LogP contribution in [0.3, 0.4) is 0 Å². The smallest absolute Gasteiger partial charge is 0.460 e. The van der Waals surface area contributed by atoms with E-state index in [1.165, 1.54) is 30.3 Å². The van der Waals surface area contributed by atoms with Crippen molar-refractivity contribution in [3.05, 3.63) is 48.0 Å². The first-order chi connectivity index (χ1) is 25.0. The Kier molecular flexibility index (Phi) is 15.2. The highest BCUT2D eigenvalue weighted by Gasteiger charge is 2.95. The third-order valence-electron chi connectivity index (χ3n) is 8.03. The van der Waals surface area contributed by atoms with Gasteiger partial charge in [0.15, 0.2) is 0 Å². The number of rotatable bonds is 22. The van der Waals surface area contributed by atoms with Crippen LogP contribution in [-0.2, 0) is 6.42 Å². The summed E-state index contributed by atoms with van der Waals surface area (Å²) in [5.41, 5.74) is 0.371. The van der Waals surface area contributed by atoms with Gasteiger partial charge in [0.05, 0.1) is 25.9 Å². The molecule has 2 aromatic rings. The van der Waals surface area contributed by atoms with Gasteiger partial charge in [-0.25, -0.2) is 0 Å². The van der Waals surface area contributed by atoms with Gasteiger partial charge in [-0.3, -0.25) is 0 Å². The van der Waals surface area contributed by atoms with Crippen LogP contribution in [0.5, 0.6) is 11.5 Å². The van der Waals surface area contributed by atoms with E-state index in [2.05, 4.69) is 0 Å². The molecule has 0 fully saturated rings. The molecule has 0 bridgehead atoms. The van der Waals surface area contributed by atoms with Crippen LogP contribution in [0.4, 0.5) is 74.6 Å². The maximum absolute atomic E-state index is 14.6. The predicted molar refractivity (Wildman–Crippen MR) is 157 cm³/mol. The average molecular weight is 837 g/mol. The van der Waals surface area contributed by atoms with Crippen LogP contribution in [0.25, 0.3) is 11.1 Å². The fourth-order valence-corrected chi connectivity index (χ4v) is 4.70. The zero-order chi connectivity index (χ0) is 42.5. The Balaban J connectivity index is 2.34. The number of ether oxygens (including phenoxy) is 2. The predicted octanol–water partition coefficient (Wildman–Crippen LogP) is 8.32. The van der Waals surface area contributed by atoms with Crippen molar-refractivity contribution < 1.29 is 105 Å². The van der Waals surface area contributed by atoms with Crippen molar-refractivity contribution in [3.63, 3.8) is 0 Å². The molecule has 2 atom stereocenters. The number of aliphatic hydroxyl groups is 4. The highest BCUT2D eigenvalue weighted by Crippen LogP contribution is 2.64. The van der Waals surface area contributed by atoms with Crippen molar-refractivity contribution in [1.29, 1.82) is 0 Å². The number of unbranched alkanes of at least 4 members (excludes halogenated alkanes) is 1. The van der Waals surface area contributed by atoms with Crippen LogP contribution in [0.15, 0.2) is 42.5 Å². The van der Waals surface area contributed by atoms with Crippen molar-refractivity contribution in [3.8, 4) is 22.6 Å². The summed E-state index contributed by atoms with van der Waals surface area (Å²) in [4.78, 5) is 0. The molecule has 0 spiro atoms. The lowest BCUT2D eigenvalue weighted by molar-refractivity contribution is -0.461. The molecule has 0 aromatic heterocycles. The van der Waals surface area contributed by atoms with Gasteiger partial charge < -0.3 is 29.9 Å². The Morgan fingerprint density at radius 3 is 1.53 bits per heavy atom. The quantitative estimate of drug-likeness (QED) is 0.0704. The second-order valence-corrected chi connectivity index (χ2v) is 12.2. The third kappa shape index (κ3) is 9.81. The Morgan fingerprint density at radius 2 is 1.02 bits per heavy atom. The zero-order valence-corrected chi connectivity index (χ0v) is 27.8. The highest BCUT2D eigenvalue weighted by molar-refractivity contribution is 5.66. The Labute approximate surface area is 300 Å². The fraction of sp³-hybridized carbons (Fsp3) is 0.625. The third-order valence-corrected chi connectivity index (χ3v) is 8.03. The second-order valence-electron chi connectivity index (χ2n) is 12.2. The first-order valence-corrected chi connectivity index (χ1v) is 15.7. The van der Waals surface area contributed by atoms with E-state index in [-0.39, 0.29) is 23.5 Å². The molecule has 0 saturated carbocycles. The molecule has 0 amide bonds. The standard InChI is InChI=1S/C32H33F17O6/c33-25(34,26(35,36)27(37,38)28(39,40)29(41,42)30(43,44)31(45,46)32(47,48)49)12-3-4-20-14-19(8-11-24(20)55-17-22(53)16-51)18-6-9-23(10-7-18)54-13-2-1-5-21(52)15-50/h6-11,14,21-22,50-53H,1-5,12-13,15-17H2. The van der Waals surface area contributed by atoms with Gasteiger partial charge in [-0.2, -0.15) is 74.6 Å². The van der Waals surface area contributed by atoms with E-state index in [9.17, 15) is 84.9 Å². The molecule has 2 rings (SSSR count). The fourth-order valence-electron chi connectivity index (χ4n) is 4.70. The number of aliphatic hydroxyl groups excluding tert-OH is 4. The van der Waals surface area contributed by atoms with Crippen molar-refractivity contribution in [2.24, 2.45) is 0 Å². The first kappa shape index (κ1) is 47.8. The van der Waals surface area contributed by atoms with Crippen LogP contribution in [0.1, 0.15) is 37.7 Å². The monoisotopic (exact) mass is 836 g/mol. The van der Waals surface area contributed by atoms with Crippen molar-refractivity contribution >= 4 is 0 Å². The summed E-state index contributed by atoms with van der Waals surface area (Å²) in [6, 6.07) is 9.54. The maximum Gasteiger partial charge on any atom is 0.460 e. The highest BCUT2D eigenvalue weighted by atomic mass is 19.4. The lowest BCUT2D eigenvalue weighted by Crippen LogP contribution is -2.74. The van der Waals surface area contributed by atoms with Gasteiger partial charge in [-0.15, -0.1) is 0 Å². The van der Waals surface area contributed by atoms with Gasteiger partial charge in [-0.05, 0) is 73.1 Å². The SMILES string of the molecule is OCC(O)CCCCOc1ccc(-c2ccc(OCC(O)CO)c(CCCC(F)(F)C(F)(F)C(F)(F)C(F)(F)C(F)(F)C(F)(F)C(F)(F)C(F)(F)F)c2)cc1. The van der Waals surface area contributed by atoms with Gasteiger partial charge >= 0.3 is 47.6 Å². The maximum atomic E-state index is 14.6. The molecule has 316 valence electrons. The molecule has 55 heavy (non-hydrogen) atoms. The van der Waals surface area contributed by atoms with E-state index < -0.39 is 98.9 Å². The van der Waals surface area contributed by atoms with Gasteiger partial charge in [0, 0.05) is 6.42 Å². The van der Waals surface area contributed by atoms with E-state index in [1.807, 2.05) is 0 Å². The number of alkyl halides is 17. The molecule has 0 saturated heterocycles. The molecule has 0 aliphatic carbocycles. The summed E-state index contributed by atoms with van der Waals surface area (Å²) in [5, 5.41) is 36.8. The molecule has 23 heteroatoms. The normalized spacial score (nSPS) is 15.2. The molecule has 2 aromatic carbocycles. The van der Waals surface area contributed by atoms with Crippen molar-refractivity contribution in [1.82, 2.24) is 0 Å². The summed E-state index contributed by atoms with van der Waals surface area (Å²) >= 11 is 0. The van der Waals surface area contributed by atoms with Crippen LogP contribution >= 0.6 is 0 Å². The summed E-state index contributed by atoms with van der Waals surface area (Å²) in [6.07, 6.45) is -13.9. The Bertz CT molecular complexity index is 1520. The van der Waals surface area contributed by atoms with Crippen molar-refractivity contribution in [2.75, 3.05) is 26.4 Å². The Morgan fingerprint density at radius 1 is 0.527 bits per heavy atom. The molecule has 0 aliphatic heterocycles. The van der Waals surface area contributed by atoms with Gasteiger partial charge in [0.2, 0.25) is 0 Å². The molecule has 0 radical (unpaired) electrons. The molecule has 4 N–H and O–H groups in total. The lowest BCUT2D eigenvalue weighted by atomic mass is 9.87. The molecule has 2 unspecified atom stereocenters. The molecule has 0 aliphatic rings. The molecule has 0 heterocycles. The molecule has 6 nitrogen and oxygen atoms in total. The summed E-state index contributed by atoms with van der Waals surface area (Å²) < 4.78 is 243. The zero-order valence-electron chi connectivity index (χ0n) is 27.8. The van der Waals surface area contributed by atoms with E-state index >= 15 is 0 Å². The van der Waals surface area contributed by atoms with Gasteiger partial charge in [0.1, 0.15) is 24.2 Å². The second kappa shape index (κ2) is 17.5. The number of hydrogen-bond acceptors (Lipinski definition) is 6. The van der Waals surface area contributed by atoms with Crippen molar-refractivity contribution in [2.45, 2.75) is 98.4 Å². The van der Waals surface area contributed by atoms with Gasteiger partial charge in [-0.1, -0.05) is 18.2 Å². The molecular formula is C32H33F17O6. The summed E-state index contributed by atoms with van der Waals surface area (Å²) in [6.45, 7) is -1.72. The lowest BCUT2D eigenvalue weighted by Gasteiger charge is -2.42. The van der Waals surface area contributed by atoms with E-state index in [4.69, 9.17) is 19.7 Å². The minimum absolute atomic E-state index is 0.212. The minimum Gasteiger partial charge on any atom is -0.494 e. The summed E-state index contributed by atoms with van der Waals surface area (Å²) in [7, 11) is 0. The number of benzene rings is 2. The number of hydrogen-bond donors (Lipinski definition) is 4. The number of halogens is 17. The van der Waals surface area contributed by atoms with E-state index in [0.29, 0.717) is 30.6 Å². The minimum atomic E-state index is -8.71. The van der Waals surface area contributed by atoms with Crippen LogP contribution in [-0.4, -0.2) is 107 Å². The summed E-state index contributed by atoms with van der Waals surface area (Å²) in [5.74, 6) is -56.8. The van der Waals surface area contributed by atoms with Gasteiger partial charge in [0.25, 0.3) is 0 Å². The topological polar surface area (TPSA) is 99.4 Å².